The van der Waals surface area contributed by atoms with Crippen LogP contribution in [0.1, 0.15) is 11.6 Å². The zero-order chi connectivity index (χ0) is 12.3. The van der Waals surface area contributed by atoms with Gasteiger partial charge in [0.2, 0.25) is 0 Å². The van der Waals surface area contributed by atoms with Gasteiger partial charge in [-0.3, -0.25) is 10.2 Å². The van der Waals surface area contributed by atoms with Gasteiger partial charge in [0.1, 0.15) is 6.04 Å². The van der Waals surface area contributed by atoms with Crippen LogP contribution in [0.25, 0.3) is 0 Å². The molecule has 0 radical (unpaired) electrons. The molecule has 0 heterocycles. The lowest BCUT2D eigenvalue weighted by atomic mass is 10.1. The summed E-state index contributed by atoms with van der Waals surface area (Å²) in [6.07, 6.45) is 1.11. The van der Waals surface area contributed by atoms with Gasteiger partial charge in [0, 0.05) is 6.26 Å². The highest BCUT2D eigenvalue weighted by atomic mass is 32.2. The highest BCUT2D eigenvalue weighted by Gasteiger charge is 2.15. The van der Waals surface area contributed by atoms with Gasteiger partial charge < -0.3 is 5.73 Å². The smallest absolute Gasteiger partial charge is 0.255 e. The van der Waals surface area contributed by atoms with Crippen LogP contribution in [0.2, 0.25) is 0 Å². The number of benzene rings is 1. The van der Waals surface area contributed by atoms with E-state index in [-0.39, 0.29) is 4.90 Å². The van der Waals surface area contributed by atoms with Crippen molar-refractivity contribution in [3.05, 3.63) is 29.8 Å². The summed E-state index contributed by atoms with van der Waals surface area (Å²) in [4.78, 5) is 11.3. The quantitative estimate of drug-likeness (QED) is 0.361. The Labute approximate surface area is 93.5 Å². The molecule has 5 N–H and O–H groups in total. The Bertz CT molecular complexity index is 481. The van der Waals surface area contributed by atoms with Gasteiger partial charge in [-0.25, -0.2) is 14.3 Å². The van der Waals surface area contributed by atoms with Crippen molar-refractivity contribution in [1.29, 1.82) is 0 Å². The molecule has 88 valence electrons. The van der Waals surface area contributed by atoms with E-state index < -0.39 is 21.8 Å². The van der Waals surface area contributed by atoms with E-state index in [0.29, 0.717) is 5.56 Å². The van der Waals surface area contributed by atoms with Crippen molar-refractivity contribution in [3.63, 3.8) is 0 Å². The number of hydrogen-bond donors (Lipinski definition) is 3. The fourth-order valence-electron chi connectivity index (χ4n) is 1.16. The van der Waals surface area contributed by atoms with E-state index in [1.807, 2.05) is 5.43 Å². The minimum atomic E-state index is -3.24. The predicted molar refractivity (Wildman–Crippen MR) is 58.8 cm³/mol. The normalized spacial score (nSPS) is 13.2. The van der Waals surface area contributed by atoms with Crippen molar-refractivity contribution in [3.8, 4) is 0 Å². The van der Waals surface area contributed by atoms with E-state index >= 15 is 0 Å². The monoisotopic (exact) mass is 243 g/mol. The van der Waals surface area contributed by atoms with Gasteiger partial charge in [-0.15, -0.1) is 0 Å². The van der Waals surface area contributed by atoms with E-state index in [0.717, 1.165) is 6.26 Å². The molecule has 1 aromatic carbocycles. The van der Waals surface area contributed by atoms with Crippen LogP contribution in [0, 0.1) is 0 Å². The number of amides is 1. The van der Waals surface area contributed by atoms with E-state index in [1.165, 1.54) is 24.3 Å². The maximum absolute atomic E-state index is 11.2. The summed E-state index contributed by atoms with van der Waals surface area (Å²) < 4.78 is 22.3. The van der Waals surface area contributed by atoms with E-state index in [9.17, 15) is 13.2 Å². The second-order valence-electron chi connectivity index (χ2n) is 3.33. The number of carbonyl (C=O) groups excluding carboxylic acids is 1. The fraction of sp³-hybridized carbons (Fsp3) is 0.222. The third kappa shape index (κ3) is 2.78. The van der Waals surface area contributed by atoms with Crippen molar-refractivity contribution in [2.45, 2.75) is 10.9 Å². The van der Waals surface area contributed by atoms with Gasteiger partial charge in [-0.1, -0.05) is 12.1 Å². The molecule has 0 fully saturated rings. The largest absolute Gasteiger partial charge is 0.316 e. The standard InChI is InChI=1S/C9H13N3O3S/c1-16(14,15)7-4-2-6(3-5-7)8(10)9(13)12-11/h2-5,8H,10-11H2,1H3,(H,12,13). The Kier molecular flexibility index (Phi) is 3.63. The first kappa shape index (κ1) is 12.6. The molecule has 0 saturated heterocycles. The second kappa shape index (κ2) is 4.60. The molecule has 1 amide bonds. The van der Waals surface area contributed by atoms with Gasteiger partial charge in [-0.05, 0) is 17.7 Å². The summed E-state index contributed by atoms with van der Waals surface area (Å²) in [6.45, 7) is 0. The average Bonchev–Trinajstić information content (AvgIpc) is 2.26. The van der Waals surface area contributed by atoms with E-state index in [2.05, 4.69) is 0 Å². The lowest BCUT2D eigenvalue weighted by Gasteiger charge is -2.10. The molecule has 1 unspecified atom stereocenters. The Morgan fingerprint density at radius 3 is 2.19 bits per heavy atom. The highest BCUT2D eigenvalue weighted by Crippen LogP contribution is 2.14. The molecule has 1 aromatic rings. The minimum Gasteiger partial charge on any atom is -0.316 e. The topological polar surface area (TPSA) is 115 Å². The zero-order valence-electron chi connectivity index (χ0n) is 8.67. The second-order valence-corrected chi connectivity index (χ2v) is 5.34. The first-order valence-electron chi connectivity index (χ1n) is 4.42. The molecular weight excluding hydrogens is 230 g/mol. The Balaban J connectivity index is 3.00. The van der Waals surface area contributed by atoms with Crippen LogP contribution in [0.15, 0.2) is 29.2 Å². The molecule has 6 nitrogen and oxygen atoms in total. The van der Waals surface area contributed by atoms with Crippen LogP contribution in [0.4, 0.5) is 0 Å². The molecule has 0 saturated carbocycles. The average molecular weight is 243 g/mol. The summed E-state index contributed by atoms with van der Waals surface area (Å²) in [6, 6.07) is 4.86. The zero-order valence-corrected chi connectivity index (χ0v) is 9.49. The molecule has 1 rings (SSSR count). The van der Waals surface area contributed by atoms with Crippen molar-refractivity contribution in [2.24, 2.45) is 11.6 Å². The summed E-state index contributed by atoms with van der Waals surface area (Å²) in [7, 11) is -3.24. The summed E-state index contributed by atoms with van der Waals surface area (Å²) in [5.41, 5.74) is 7.99. The molecule has 0 bridgehead atoms. The Morgan fingerprint density at radius 2 is 1.81 bits per heavy atom. The predicted octanol–water partition coefficient (Wildman–Crippen LogP) is -0.920. The van der Waals surface area contributed by atoms with Crippen molar-refractivity contribution in [2.75, 3.05) is 6.26 Å². The van der Waals surface area contributed by atoms with Crippen LogP contribution in [-0.2, 0) is 14.6 Å². The van der Waals surface area contributed by atoms with Crippen LogP contribution >= 0.6 is 0 Å². The molecular formula is C9H13N3O3S. The molecule has 7 heteroatoms. The van der Waals surface area contributed by atoms with Gasteiger partial charge in [-0.2, -0.15) is 0 Å². The molecule has 16 heavy (non-hydrogen) atoms. The molecule has 0 aliphatic heterocycles. The number of hydrazine groups is 1. The van der Waals surface area contributed by atoms with Crippen LogP contribution < -0.4 is 17.0 Å². The SMILES string of the molecule is CS(=O)(=O)c1ccc(C(N)C(=O)NN)cc1. The number of nitrogens with two attached hydrogens (primary N) is 2. The highest BCUT2D eigenvalue weighted by molar-refractivity contribution is 7.90. The number of carbonyl (C=O) groups is 1. The molecule has 0 aromatic heterocycles. The first-order chi connectivity index (χ1) is 7.36. The number of nitrogens with one attached hydrogen (secondary N) is 1. The van der Waals surface area contributed by atoms with E-state index in [1.54, 1.807) is 0 Å². The maximum Gasteiger partial charge on any atom is 0.255 e. The lowest BCUT2D eigenvalue weighted by molar-refractivity contribution is -0.122. The van der Waals surface area contributed by atoms with Crippen LogP contribution in [-0.4, -0.2) is 20.6 Å². The summed E-state index contributed by atoms with van der Waals surface area (Å²) in [5.74, 6) is 4.40. The number of rotatable bonds is 3. The van der Waals surface area contributed by atoms with Crippen LogP contribution in [0.3, 0.4) is 0 Å². The van der Waals surface area contributed by atoms with Gasteiger partial charge in [0.05, 0.1) is 4.90 Å². The molecule has 1 atom stereocenters. The molecule has 0 aliphatic rings. The number of sulfone groups is 1. The fourth-order valence-corrected chi connectivity index (χ4v) is 1.79. The molecule has 0 spiro atoms. The van der Waals surface area contributed by atoms with E-state index in [4.69, 9.17) is 11.6 Å². The lowest BCUT2D eigenvalue weighted by Crippen LogP contribution is -2.38. The summed E-state index contributed by atoms with van der Waals surface area (Å²) >= 11 is 0. The Morgan fingerprint density at radius 1 is 1.31 bits per heavy atom. The van der Waals surface area contributed by atoms with Crippen molar-refractivity contribution < 1.29 is 13.2 Å². The minimum absolute atomic E-state index is 0.177. The van der Waals surface area contributed by atoms with Crippen LogP contribution in [0.5, 0.6) is 0 Å². The van der Waals surface area contributed by atoms with Gasteiger partial charge >= 0.3 is 0 Å². The van der Waals surface area contributed by atoms with Gasteiger partial charge in [0.25, 0.3) is 5.91 Å². The number of hydrogen-bond acceptors (Lipinski definition) is 5. The molecule has 0 aliphatic carbocycles. The Hall–Kier alpha value is -1.44. The summed E-state index contributed by atoms with van der Waals surface area (Å²) in [5, 5.41) is 0. The van der Waals surface area contributed by atoms with Crippen molar-refractivity contribution in [1.82, 2.24) is 5.43 Å². The first-order valence-corrected chi connectivity index (χ1v) is 6.31. The van der Waals surface area contributed by atoms with Crippen molar-refractivity contribution >= 4 is 15.7 Å². The maximum atomic E-state index is 11.2. The third-order valence-electron chi connectivity index (χ3n) is 2.09. The van der Waals surface area contributed by atoms with Gasteiger partial charge in [0.15, 0.2) is 9.84 Å². The third-order valence-corrected chi connectivity index (χ3v) is 3.22.